The van der Waals surface area contributed by atoms with Gasteiger partial charge in [0, 0.05) is 10.7 Å². The van der Waals surface area contributed by atoms with Crippen molar-refractivity contribution >= 4 is 29.1 Å². The molecule has 116 valence electrons. The number of rotatable bonds is 2. The van der Waals surface area contributed by atoms with Crippen LogP contribution in [0, 0.1) is 17.3 Å². The molecule has 0 heterocycles. The van der Waals surface area contributed by atoms with Gasteiger partial charge in [-0.3, -0.25) is 10.2 Å². The fraction of sp³-hybridized carbons (Fsp3) is 0.412. The van der Waals surface area contributed by atoms with E-state index in [0.717, 1.165) is 17.7 Å². The van der Waals surface area contributed by atoms with E-state index in [0.29, 0.717) is 28.0 Å². The summed E-state index contributed by atoms with van der Waals surface area (Å²) in [5.41, 5.74) is 2.72. The van der Waals surface area contributed by atoms with Crippen LogP contribution in [0.5, 0.6) is 0 Å². The fourth-order valence-electron chi connectivity index (χ4n) is 3.39. The number of nitrogens with zero attached hydrogens (tertiary/aromatic N) is 1. The van der Waals surface area contributed by atoms with Gasteiger partial charge in [-0.25, -0.2) is 4.79 Å². The van der Waals surface area contributed by atoms with Crippen molar-refractivity contribution < 1.29 is 9.63 Å². The van der Waals surface area contributed by atoms with Crippen molar-refractivity contribution in [3.8, 4) is 0 Å². The van der Waals surface area contributed by atoms with Crippen molar-refractivity contribution in [3.63, 3.8) is 0 Å². The quantitative estimate of drug-likeness (QED) is 0.625. The molecule has 22 heavy (non-hydrogen) atoms. The third-order valence-electron chi connectivity index (χ3n) is 5.03. The van der Waals surface area contributed by atoms with Gasteiger partial charge in [-0.15, -0.1) is 0 Å². The summed E-state index contributed by atoms with van der Waals surface area (Å²) in [4.78, 5) is 16.7. The Labute approximate surface area is 135 Å². The summed E-state index contributed by atoms with van der Waals surface area (Å²) in [5.74, 6) is 1.05. The summed E-state index contributed by atoms with van der Waals surface area (Å²) in [6.07, 6.45) is 1.39. The number of allylic oxidation sites excluding steroid dienone is 1. The number of hydrogen-bond acceptors (Lipinski definition) is 3. The number of hydrogen-bond donors (Lipinski definition) is 1. The molecule has 2 unspecified atom stereocenters. The molecule has 1 aromatic rings. The molecular weight excluding hydrogens is 300 g/mol. The van der Waals surface area contributed by atoms with Crippen molar-refractivity contribution in [3.05, 3.63) is 41.4 Å². The van der Waals surface area contributed by atoms with Crippen LogP contribution in [0.25, 0.3) is 0 Å². The van der Waals surface area contributed by atoms with Crippen molar-refractivity contribution in [2.24, 2.45) is 22.4 Å². The second-order valence-corrected chi connectivity index (χ2v) is 7.02. The molecule has 0 aliphatic heterocycles. The summed E-state index contributed by atoms with van der Waals surface area (Å²) < 4.78 is 0. The molecule has 0 aromatic heterocycles. The second-order valence-electron chi connectivity index (χ2n) is 6.58. The second kappa shape index (κ2) is 5.43. The Morgan fingerprint density at radius 2 is 2.09 bits per heavy atom. The van der Waals surface area contributed by atoms with E-state index in [4.69, 9.17) is 16.4 Å². The third-order valence-corrected chi connectivity index (χ3v) is 5.28. The van der Waals surface area contributed by atoms with Crippen LogP contribution in [-0.2, 0) is 4.84 Å². The monoisotopic (exact) mass is 318 g/mol. The number of carbonyl (C=O) groups excluding carboxylic acids is 1. The van der Waals surface area contributed by atoms with E-state index in [1.54, 1.807) is 24.3 Å². The van der Waals surface area contributed by atoms with Gasteiger partial charge in [0.1, 0.15) is 0 Å². The molecule has 1 N–H and O–H groups in total. The van der Waals surface area contributed by atoms with Crippen LogP contribution < -0.4 is 5.32 Å². The normalized spacial score (nSPS) is 27.2. The Morgan fingerprint density at radius 1 is 1.41 bits per heavy atom. The number of nitrogens with one attached hydrogen (secondary N) is 1. The Kier molecular flexibility index (Phi) is 3.73. The van der Waals surface area contributed by atoms with Crippen LogP contribution in [0.1, 0.15) is 26.7 Å². The first-order valence-electron chi connectivity index (χ1n) is 7.37. The zero-order valence-corrected chi connectivity index (χ0v) is 13.5. The minimum absolute atomic E-state index is 0.293. The van der Waals surface area contributed by atoms with Gasteiger partial charge in [0.15, 0.2) is 0 Å². The Hall–Kier alpha value is -1.81. The summed E-state index contributed by atoms with van der Waals surface area (Å²) >= 11 is 5.79. The highest BCUT2D eigenvalue weighted by atomic mass is 35.5. The number of anilines is 1. The van der Waals surface area contributed by atoms with E-state index in [2.05, 4.69) is 30.9 Å². The molecule has 3 fully saturated rings. The Morgan fingerprint density at radius 3 is 2.68 bits per heavy atom. The number of halogens is 1. The van der Waals surface area contributed by atoms with Gasteiger partial charge in [-0.2, -0.15) is 0 Å². The Bertz CT molecular complexity index is 649. The number of amides is 1. The SMILES string of the molecule is C=C1/C(=N/OC(=O)Nc2ccc(Cl)cc2)CC2CC1C2(C)C. The largest absolute Gasteiger partial charge is 0.437 e. The first-order chi connectivity index (χ1) is 10.4. The molecule has 3 aliphatic carbocycles. The average Bonchev–Trinajstić information content (AvgIpc) is 2.48. The molecule has 4 rings (SSSR count). The summed E-state index contributed by atoms with van der Waals surface area (Å²) in [7, 11) is 0. The van der Waals surface area contributed by atoms with Gasteiger partial charge in [0.25, 0.3) is 0 Å². The van der Waals surface area contributed by atoms with E-state index in [1.165, 1.54) is 6.42 Å². The van der Waals surface area contributed by atoms with Gasteiger partial charge >= 0.3 is 6.09 Å². The van der Waals surface area contributed by atoms with Gasteiger partial charge < -0.3 is 0 Å². The third kappa shape index (κ3) is 2.63. The highest BCUT2D eigenvalue weighted by molar-refractivity contribution is 6.30. The van der Waals surface area contributed by atoms with Gasteiger partial charge in [-0.05, 0) is 59.9 Å². The van der Waals surface area contributed by atoms with Gasteiger partial charge in [0.05, 0.1) is 5.71 Å². The average molecular weight is 319 g/mol. The molecule has 1 amide bonds. The van der Waals surface area contributed by atoms with E-state index >= 15 is 0 Å². The van der Waals surface area contributed by atoms with E-state index in [1.807, 2.05) is 0 Å². The topological polar surface area (TPSA) is 50.7 Å². The number of oxime groups is 1. The standard InChI is InChI=1S/C17H19ClN2O2/c1-10-14-8-11(17(14,2)3)9-15(10)20-22-16(21)19-13-6-4-12(18)5-7-13/h4-7,11,14H,1,8-9H2,2-3H3,(H,19,21)/b20-15+. The summed E-state index contributed by atoms with van der Waals surface area (Å²) in [6.45, 7) is 8.66. The maximum atomic E-state index is 11.8. The van der Waals surface area contributed by atoms with Crippen LogP contribution in [0.4, 0.5) is 10.5 Å². The number of benzene rings is 1. The van der Waals surface area contributed by atoms with Crippen molar-refractivity contribution in [1.82, 2.24) is 0 Å². The van der Waals surface area contributed by atoms with E-state index in [-0.39, 0.29) is 0 Å². The van der Waals surface area contributed by atoms with Crippen LogP contribution >= 0.6 is 11.6 Å². The minimum Gasteiger partial charge on any atom is -0.298 e. The lowest BCUT2D eigenvalue weighted by Gasteiger charge is -2.57. The highest BCUT2D eigenvalue weighted by Gasteiger charge is 2.54. The molecule has 2 atom stereocenters. The number of carbonyl (C=O) groups is 1. The lowest BCUT2D eigenvalue weighted by molar-refractivity contribution is 0.000580. The molecule has 2 bridgehead atoms. The van der Waals surface area contributed by atoms with Crippen molar-refractivity contribution in [1.29, 1.82) is 0 Å². The zero-order valence-electron chi connectivity index (χ0n) is 12.7. The Balaban J connectivity index is 1.59. The predicted octanol–water partition coefficient (Wildman–Crippen LogP) is 4.87. The van der Waals surface area contributed by atoms with Crippen LogP contribution in [0.2, 0.25) is 5.02 Å². The molecule has 1 aromatic carbocycles. The smallest absolute Gasteiger partial charge is 0.298 e. The minimum atomic E-state index is -0.610. The zero-order chi connectivity index (χ0) is 15.9. The molecule has 0 spiro atoms. The van der Waals surface area contributed by atoms with E-state index in [9.17, 15) is 4.79 Å². The molecule has 4 nitrogen and oxygen atoms in total. The lowest BCUT2D eigenvalue weighted by atomic mass is 9.47. The van der Waals surface area contributed by atoms with Crippen molar-refractivity contribution in [2.75, 3.05) is 5.32 Å². The molecule has 3 aliphatic rings. The maximum absolute atomic E-state index is 11.8. The number of fused-ring (bicyclic) bond motifs is 2. The predicted molar refractivity (Wildman–Crippen MR) is 88.1 cm³/mol. The highest BCUT2D eigenvalue weighted by Crippen LogP contribution is 2.59. The van der Waals surface area contributed by atoms with Crippen LogP contribution in [-0.4, -0.2) is 11.8 Å². The molecule has 3 saturated carbocycles. The molecular formula is C17H19ClN2O2. The first kappa shape index (κ1) is 15.1. The molecule has 5 heteroatoms. The molecule has 0 saturated heterocycles. The first-order valence-corrected chi connectivity index (χ1v) is 7.75. The van der Waals surface area contributed by atoms with Gasteiger partial charge in [-0.1, -0.05) is 37.2 Å². The fourth-order valence-corrected chi connectivity index (χ4v) is 3.51. The summed E-state index contributed by atoms with van der Waals surface area (Å²) in [5, 5.41) is 7.22. The lowest BCUT2D eigenvalue weighted by Crippen LogP contribution is -2.52. The van der Waals surface area contributed by atoms with Crippen LogP contribution in [0.3, 0.4) is 0 Å². The van der Waals surface area contributed by atoms with E-state index < -0.39 is 6.09 Å². The van der Waals surface area contributed by atoms with Crippen molar-refractivity contribution in [2.45, 2.75) is 26.7 Å². The summed E-state index contributed by atoms with van der Waals surface area (Å²) in [6, 6.07) is 6.80. The van der Waals surface area contributed by atoms with Gasteiger partial charge in [0.2, 0.25) is 0 Å². The molecule has 0 radical (unpaired) electrons. The van der Waals surface area contributed by atoms with Crippen LogP contribution in [0.15, 0.2) is 41.6 Å². The maximum Gasteiger partial charge on any atom is 0.437 e.